The zero-order chi connectivity index (χ0) is 15.5. The maximum absolute atomic E-state index is 11.7. The number of nitrogens with one attached hydrogen (secondary N) is 1. The summed E-state index contributed by atoms with van der Waals surface area (Å²) < 4.78 is 1.14. The highest BCUT2D eigenvalue weighted by atomic mass is 32.1. The summed E-state index contributed by atoms with van der Waals surface area (Å²) in [6.45, 7) is 2.95. The Bertz CT molecular complexity index is 631. The zero-order valence-corrected chi connectivity index (χ0v) is 12.9. The average molecular weight is 306 g/mol. The van der Waals surface area contributed by atoms with E-state index in [0.29, 0.717) is 12.8 Å². The molecule has 0 aliphatic rings. The Morgan fingerprint density at radius 1 is 1.33 bits per heavy atom. The number of benzene rings is 1. The van der Waals surface area contributed by atoms with Crippen LogP contribution in [0.4, 0.5) is 0 Å². The predicted molar refractivity (Wildman–Crippen MR) is 82.4 cm³/mol. The summed E-state index contributed by atoms with van der Waals surface area (Å²) in [6, 6.07) is 7.93. The lowest BCUT2D eigenvalue weighted by Crippen LogP contribution is -2.49. The van der Waals surface area contributed by atoms with Gasteiger partial charge in [0.15, 0.2) is 0 Å². The maximum atomic E-state index is 11.7. The monoisotopic (exact) mass is 306 g/mol. The summed E-state index contributed by atoms with van der Waals surface area (Å²) in [5, 5.41) is 12.5. The van der Waals surface area contributed by atoms with E-state index in [1.165, 1.54) is 13.8 Å². The molecular weight excluding hydrogens is 288 g/mol. The van der Waals surface area contributed by atoms with Gasteiger partial charge in [0.2, 0.25) is 5.91 Å². The summed E-state index contributed by atoms with van der Waals surface area (Å²) in [6.07, 6.45) is 1.67. The second-order valence-corrected chi connectivity index (χ2v) is 6.52. The number of aliphatic carboxylic acids is 1. The Morgan fingerprint density at radius 2 is 2.05 bits per heavy atom. The first-order valence-electron chi connectivity index (χ1n) is 6.77. The van der Waals surface area contributed by atoms with Gasteiger partial charge in [0.25, 0.3) is 0 Å². The summed E-state index contributed by atoms with van der Waals surface area (Å²) in [7, 11) is 0. The van der Waals surface area contributed by atoms with Crippen LogP contribution in [0.3, 0.4) is 0 Å². The van der Waals surface area contributed by atoms with Crippen LogP contribution in [0.2, 0.25) is 0 Å². The molecular formula is C15H18N2O3S. The number of nitrogens with zero attached hydrogens (tertiary/aromatic N) is 1. The fourth-order valence-electron chi connectivity index (χ4n) is 1.89. The van der Waals surface area contributed by atoms with E-state index in [0.717, 1.165) is 21.6 Å². The van der Waals surface area contributed by atoms with Crippen molar-refractivity contribution in [1.29, 1.82) is 0 Å². The second-order valence-electron chi connectivity index (χ2n) is 5.41. The number of aryl methyl sites for hydroxylation is 1. The zero-order valence-electron chi connectivity index (χ0n) is 12.0. The molecule has 6 heteroatoms. The number of carboxylic acid groups (broad SMARTS) is 1. The van der Waals surface area contributed by atoms with E-state index in [1.54, 1.807) is 11.3 Å². The normalized spacial score (nSPS) is 11.5. The minimum atomic E-state index is -1.23. The van der Waals surface area contributed by atoms with Crippen molar-refractivity contribution in [3.8, 4) is 0 Å². The molecule has 1 amide bonds. The van der Waals surface area contributed by atoms with Gasteiger partial charge in [0, 0.05) is 6.42 Å². The number of aromatic nitrogens is 1. The molecule has 2 N–H and O–H groups in total. The number of carboxylic acids is 1. The number of fused-ring (bicyclic) bond motifs is 1. The third-order valence-electron chi connectivity index (χ3n) is 3.12. The van der Waals surface area contributed by atoms with Gasteiger partial charge in [-0.25, -0.2) is 9.78 Å². The maximum Gasteiger partial charge on any atom is 0.328 e. The highest BCUT2D eigenvalue weighted by Crippen LogP contribution is 2.22. The van der Waals surface area contributed by atoms with Crippen molar-refractivity contribution in [2.45, 2.75) is 38.6 Å². The molecule has 0 unspecified atom stereocenters. The largest absolute Gasteiger partial charge is 0.480 e. The lowest BCUT2D eigenvalue weighted by molar-refractivity contribution is -0.146. The molecule has 2 rings (SSSR count). The average Bonchev–Trinajstić information content (AvgIpc) is 2.80. The van der Waals surface area contributed by atoms with E-state index in [9.17, 15) is 9.59 Å². The third-order valence-corrected chi connectivity index (χ3v) is 4.22. The quantitative estimate of drug-likeness (QED) is 0.859. The van der Waals surface area contributed by atoms with Crippen molar-refractivity contribution >= 4 is 33.4 Å². The molecule has 0 aliphatic heterocycles. The lowest BCUT2D eigenvalue weighted by Gasteiger charge is -2.20. The van der Waals surface area contributed by atoms with E-state index >= 15 is 0 Å². The van der Waals surface area contributed by atoms with Gasteiger partial charge in [-0.05, 0) is 38.8 Å². The van der Waals surface area contributed by atoms with Crippen molar-refractivity contribution < 1.29 is 14.7 Å². The van der Waals surface area contributed by atoms with Gasteiger partial charge in [-0.1, -0.05) is 12.1 Å². The number of thiazole rings is 1. The van der Waals surface area contributed by atoms with E-state index in [1.807, 2.05) is 24.3 Å². The molecule has 1 aromatic heterocycles. The molecule has 0 atom stereocenters. The van der Waals surface area contributed by atoms with Gasteiger partial charge >= 0.3 is 5.97 Å². The Labute approximate surface area is 127 Å². The fourth-order valence-corrected chi connectivity index (χ4v) is 2.90. The Balaban J connectivity index is 1.84. The molecule has 2 aromatic rings. The van der Waals surface area contributed by atoms with Crippen molar-refractivity contribution in [3.63, 3.8) is 0 Å². The number of hydrogen-bond acceptors (Lipinski definition) is 4. The molecule has 0 aliphatic carbocycles. The predicted octanol–water partition coefficient (Wildman–Crippen LogP) is 2.60. The van der Waals surface area contributed by atoms with Crippen LogP contribution < -0.4 is 5.32 Å². The van der Waals surface area contributed by atoms with Crippen LogP contribution in [0.1, 0.15) is 31.7 Å². The van der Waals surface area contributed by atoms with Crippen LogP contribution in [0, 0.1) is 0 Å². The Kier molecular flexibility index (Phi) is 4.57. The number of rotatable bonds is 6. The highest BCUT2D eigenvalue weighted by molar-refractivity contribution is 7.18. The van der Waals surface area contributed by atoms with Crippen LogP contribution in [0.15, 0.2) is 24.3 Å². The van der Waals surface area contributed by atoms with E-state index in [4.69, 9.17) is 5.11 Å². The van der Waals surface area contributed by atoms with Gasteiger partial charge in [0.1, 0.15) is 5.54 Å². The van der Waals surface area contributed by atoms with Crippen LogP contribution >= 0.6 is 11.3 Å². The first-order valence-corrected chi connectivity index (χ1v) is 7.59. The van der Waals surface area contributed by atoms with E-state index in [-0.39, 0.29) is 5.91 Å². The fraction of sp³-hybridized carbons (Fsp3) is 0.400. The highest BCUT2D eigenvalue weighted by Gasteiger charge is 2.28. The minimum absolute atomic E-state index is 0.247. The molecule has 0 spiro atoms. The number of carbonyl (C=O) groups excluding carboxylic acids is 1. The first kappa shape index (κ1) is 15.4. The van der Waals surface area contributed by atoms with Crippen LogP contribution in [-0.2, 0) is 16.0 Å². The number of carbonyl (C=O) groups is 2. The summed E-state index contributed by atoms with van der Waals surface area (Å²) >= 11 is 1.63. The smallest absolute Gasteiger partial charge is 0.328 e. The van der Waals surface area contributed by atoms with Crippen LogP contribution in [0.25, 0.3) is 10.2 Å². The van der Waals surface area contributed by atoms with Gasteiger partial charge in [-0.2, -0.15) is 0 Å². The molecule has 0 fully saturated rings. The number of amides is 1. The molecule has 0 bridgehead atoms. The molecule has 1 aromatic carbocycles. The van der Waals surface area contributed by atoms with Crippen molar-refractivity contribution in [3.05, 3.63) is 29.3 Å². The molecule has 1 heterocycles. The topological polar surface area (TPSA) is 79.3 Å². The molecule has 5 nitrogen and oxygen atoms in total. The summed E-state index contributed by atoms with van der Waals surface area (Å²) in [5.74, 6) is -1.29. The SMILES string of the molecule is CC(C)(NC(=O)CCCc1nc2ccccc2s1)C(=O)O. The van der Waals surface area contributed by atoms with Gasteiger partial charge in [0.05, 0.1) is 15.2 Å². The number of hydrogen-bond donors (Lipinski definition) is 2. The van der Waals surface area contributed by atoms with E-state index in [2.05, 4.69) is 10.3 Å². The summed E-state index contributed by atoms with van der Waals surface area (Å²) in [5.41, 5.74) is -0.249. The first-order chi connectivity index (χ1) is 9.88. The van der Waals surface area contributed by atoms with Gasteiger partial charge < -0.3 is 10.4 Å². The van der Waals surface area contributed by atoms with Crippen molar-refractivity contribution in [2.75, 3.05) is 0 Å². The second kappa shape index (κ2) is 6.22. The van der Waals surface area contributed by atoms with Crippen molar-refractivity contribution in [1.82, 2.24) is 10.3 Å². The molecule has 0 saturated carbocycles. The molecule has 21 heavy (non-hydrogen) atoms. The standard InChI is InChI=1S/C15H18N2O3S/c1-15(2,14(19)20)17-12(18)8-5-9-13-16-10-6-3-4-7-11(10)21-13/h3-4,6-7H,5,8-9H2,1-2H3,(H,17,18)(H,19,20). The number of para-hydroxylation sites is 1. The molecule has 0 radical (unpaired) electrons. The Hall–Kier alpha value is -1.95. The van der Waals surface area contributed by atoms with Crippen LogP contribution in [-0.4, -0.2) is 27.5 Å². The molecule has 0 saturated heterocycles. The van der Waals surface area contributed by atoms with Gasteiger partial charge in [-0.15, -0.1) is 11.3 Å². The van der Waals surface area contributed by atoms with Crippen LogP contribution in [0.5, 0.6) is 0 Å². The van der Waals surface area contributed by atoms with Gasteiger partial charge in [-0.3, -0.25) is 4.79 Å². The molecule has 112 valence electrons. The summed E-state index contributed by atoms with van der Waals surface area (Å²) in [4.78, 5) is 27.2. The third kappa shape index (κ3) is 4.01. The van der Waals surface area contributed by atoms with E-state index < -0.39 is 11.5 Å². The van der Waals surface area contributed by atoms with Crippen molar-refractivity contribution in [2.24, 2.45) is 0 Å². The lowest BCUT2D eigenvalue weighted by atomic mass is 10.1. The Morgan fingerprint density at radius 3 is 2.71 bits per heavy atom. The minimum Gasteiger partial charge on any atom is -0.480 e.